The molecule has 156 valence electrons. The summed E-state index contributed by atoms with van der Waals surface area (Å²) in [6.45, 7) is 12.6. The van der Waals surface area contributed by atoms with Crippen molar-refractivity contribution in [2.45, 2.75) is 32.7 Å². The number of rotatable bonds is 8. The van der Waals surface area contributed by atoms with Crippen LogP contribution in [0.2, 0.25) is 0 Å². The third-order valence-electron chi connectivity index (χ3n) is 5.41. The average Bonchev–Trinajstić information content (AvgIpc) is 2.77. The molecule has 2 radical (unpaired) electrons. The van der Waals surface area contributed by atoms with Gasteiger partial charge in [-0.3, -0.25) is 4.90 Å². The van der Waals surface area contributed by atoms with Crippen LogP contribution in [0.25, 0.3) is 5.57 Å². The molecule has 0 bridgehead atoms. The van der Waals surface area contributed by atoms with Gasteiger partial charge in [0, 0.05) is 67.9 Å². The molecule has 1 fully saturated rings. The van der Waals surface area contributed by atoms with Crippen LogP contribution in [0.1, 0.15) is 32.3 Å². The van der Waals surface area contributed by atoms with Crippen molar-refractivity contribution in [3.05, 3.63) is 71.8 Å². The molecule has 0 aromatic heterocycles. The third kappa shape index (κ3) is 5.77. The lowest BCUT2D eigenvalue weighted by molar-refractivity contribution is 0.134. The molecule has 0 saturated carbocycles. The summed E-state index contributed by atoms with van der Waals surface area (Å²) in [6.07, 6.45) is 9.73. The lowest BCUT2D eigenvalue weighted by Crippen LogP contribution is -2.49. The van der Waals surface area contributed by atoms with Crippen LogP contribution in [0.3, 0.4) is 0 Å². The molecule has 1 heterocycles. The highest BCUT2D eigenvalue weighted by atomic mass is 16.2. The van der Waals surface area contributed by atoms with Crippen LogP contribution in [-0.2, 0) is 0 Å². The second-order valence-electron chi connectivity index (χ2n) is 7.49. The van der Waals surface area contributed by atoms with E-state index in [1.807, 2.05) is 36.1 Å². The Labute approximate surface area is 180 Å². The van der Waals surface area contributed by atoms with Gasteiger partial charge in [-0.2, -0.15) is 0 Å². The Kier molecular flexibility index (Phi) is 7.75. The number of hydrogen-bond donors (Lipinski definition) is 2. The van der Waals surface area contributed by atoms with Crippen molar-refractivity contribution in [2.75, 3.05) is 38.0 Å². The Balaban J connectivity index is 1.53. The second-order valence-corrected chi connectivity index (χ2v) is 7.49. The van der Waals surface area contributed by atoms with Crippen molar-refractivity contribution in [3.8, 4) is 0 Å². The zero-order valence-electron chi connectivity index (χ0n) is 17.9. The van der Waals surface area contributed by atoms with Crippen LogP contribution in [0, 0.1) is 12.2 Å². The molecule has 2 aliphatic rings. The molecule has 1 aliphatic heterocycles. The average molecular weight is 403 g/mol. The Morgan fingerprint density at radius 3 is 2.57 bits per heavy atom. The minimum absolute atomic E-state index is 0.0403. The SMILES string of the molecule is C=C(CN1CCC(N(CC)C(=O)Nc2ccc(C3=[C]C=C=C=[C]3)cc2)CC1)NCC. The van der Waals surface area contributed by atoms with Gasteiger partial charge < -0.3 is 15.5 Å². The van der Waals surface area contributed by atoms with E-state index in [0.29, 0.717) is 6.54 Å². The highest BCUT2D eigenvalue weighted by Crippen LogP contribution is 2.21. The highest BCUT2D eigenvalue weighted by Gasteiger charge is 2.27. The summed E-state index contributed by atoms with van der Waals surface area (Å²) in [5.74, 6) is 0. The molecule has 1 aliphatic carbocycles. The maximum atomic E-state index is 12.9. The maximum absolute atomic E-state index is 12.9. The van der Waals surface area contributed by atoms with Gasteiger partial charge in [-0.1, -0.05) is 30.2 Å². The van der Waals surface area contributed by atoms with Crippen LogP contribution in [0.15, 0.2) is 54.1 Å². The molecule has 5 heteroatoms. The molecule has 2 amide bonds. The molecule has 0 spiro atoms. The Morgan fingerprint density at radius 2 is 1.97 bits per heavy atom. The van der Waals surface area contributed by atoms with Gasteiger partial charge in [-0.25, -0.2) is 4.79 Å². The summed E-state index contributed by atoms with van der Waals surface area (Å²) in [5, 5.41) is 6.32. The first-order valence-electron chi connectivity index (χ1n) is 10.6. The van der Waals surface area contributed by atoms with Gasteiger partial charge in [-0.15, -0.1) is 0 Å². The fourth-order valence-corrected chi connectivity index (χ4v) is 3.88. The number of benzene rings is 1. The molecule has 1 saturated heterocycles. The minimum Gasteiger partial charge on any atom is -0.388 e. The van der Waals surface area contributed by atoms with Gasteiger partial charge >= 0.3 is 6.03 Å². The Bertz CT molecular complexity index is 878. The number of likely N-dealkylation sites (tertiary alicyclic amines) is 1. The van der Waals surface area contributed by atoms with Crippen LogP contribution >= 0.6 is 0 Å². The number of piperidine rings is 1. The minimum atomic E-state index is -0.0403. The Morgan fingerprint density at radius 1 is 1.23 bits per heavy atom. The van der Waals surface area contributed by atoms with Crippen LogP contribution in [0.5, 0.6) is 0 Å². The summed E-state index contributed by atoms with van der Waals surface area (Å²) in [4.78, 5) is 17.3. The molecular formula is C25H30N4O. The number of nitrogens with one attached hydrogen (secondary N) is 2. The van der Waals surface area contributed by atoms with Crippen molar-refractivity contribution >= 4 is 17.3 Å². The van der Waals surface area contributed by atoms with Gasteiger partial charge in [-0.05, 0) is 50.5 Å². The number of amides is 2. The summed E-state index contributed by atoms with van der Waals surface area (Å²) in [5.41, 5.74) is 9.28. The smallest absolute Gasteiger partial charge is 0.322 e. The molecular weight excluding hydrogens is 372 g/mol. The summed E-state index contributed by atoms with van der Waals surface area (Å²) in [7, 11) is 0. The zero-order valence-corrected chi connectivity index (χ0v) is 17.9. The standard InChI is InChI=1S/C25H30N4O/c1-4-26-20(3)19-28-17-15-24(16-18-28)29(5-2)25(30)27-23-13-11-22(12-14-23)21-9-7-6-8-10-21/h7,11-14,24,26H,3-5,15-19H2,1-2H3,(H,27,30). The van der Waals surface area contributed by atoms with E-state index < -0.39 is 0 Å². The molecule has 1 aromatic rings. The number of hydrogen-bond acceptors (Lipinski definition) is 3. The van der Waals surface area contributed by atoms with Crippen molar-refractivity contribution in [1.82, 2.24) is 15.1 Å². The number of carbonyl (C=O) groups is 1. The summed E-state index contributed by atoms with van der Waals surface area (Å²) in [6, 6.07) is 7.96. The topological polar surface area (TPSA) is 47.6 Å². The van der Waals surface area contributed by atoms with E-state index in [2.05, 4.69) is 52.7 Å². The zero-order chi connectivity index (χ0) is 21.3. The summed E-state index contributed by atoms with van der Waals surface area (Å²) < 4.78 is 0. The normalized spacial score (nSPS) is 16.3. The van der Waals surface area contributed by atoms with Crippen LogP contribution < -0.4 is 10.6 Å². The third-order valence-corrected chi connectivity index (χ3v) is 5.41. The molecule has 30 heavy (non-hydrogen) atoms. The highest BCUT2D eigenvalue weighted by molar-refractivity contribution is 5.89. The maximum Gasteiger partial charge on any atom is 0.322 e. The molecule has 1 aromatic carbocycles. The fourth-order valence-electron chi connectivity index (χ4n) is 3.88. The van der Waals surface area contributed by atoms with E-state index in [1.165, 1.54) is 0 Å². The van der Waals surface area contributed by atoms with Crippen molar-refractivity contribution in [1.29, 1.82) is 0 Å². The summed E-state index contributed by atoms with van der Waals surface area (Å²) >= 11 is 0. The quantitative estimate of drug-likeness (QED) is 0.646. The van der Waals surface area contributed by atoms with Gasteiger partial charge in [0.25, 0.3) is 0 Å². The second kappa shape index (κ2) is 10.7. The lowest BCUT2D eigenvalue weighted by Gasteiger charge is -2.38. The molecule has 5 nitrogen and oxygen atoms in total. The first-order chi connectivity index (χ1) is 14.6. The van der Waals surface area contributed by atoms with E-state index in [1.54, 1.807) is 6.08 Å². The van der Waals surface area contributed by atoms with Crippen molar-refractivity contribution in [3.63, 3.8) is 0 Å². The lowest BCUT2D eigenvalue weighted by atomic mass is 10.0. The fraction of sp³-hybridized carbons (Fsp3) is 0.400. The predicted molar refractivity (Wildman–Crippen MR) is 122 cm³/mol. The van der Waals surface area contributed by atoms with Gasteiger partial charge in [0.1, 0.15) is 0 Å². The number of likely N-dealkylation sites (N-methyl/N-ethyl adjacent to an activating group) is 1. The molecule has 2 N–H and O–H groups in total. The van der Waals surface area contributed by atoms with Gasteiger partial charge in [0.15, 0.2) is 0 Å². The molecule has 0 atom stereocenters. The number of allylic oxidation sites excluding steroid dienone is 4. The predicted octanol–water partition coefficient (Wildman–Crippen LogP) is 4.00. The molecule has 0 unspecified atom stereocenters. The van der Waals surface area contributed by atoms with Crippen molar-refractivity contribution in [2.24, 2.45) is 0 Å². The number of carbonyl (C=O) groups excluding carboxylic acids is 1. The Hall–Kier alpha value is -2.97. The van der Waals surface area contributed by atoms with E-state index >= 15 is 0 Å². The van der Waals surface area contributed by atoms with E-state index in [-0.39, 0.29) is 12.1 Å². The number of anilines is 1. The monoisotopic (exact) mass is 402 g/mol. The van der Waals surface area contributed by atoms with E-state index in [9.17, 15) is 4.79 Å². The van der Waals surface area contributed by atoms with Gasteiger partial charge in [0.2, 0.25) is 0 Å². The number of nitrogens with zero attached hydrogens (tertiary/aromatic N) is 2. The van der Waals surface area contributed by atoms with Crippen LogP contribution in [-0.4, -0.2) is 54.6 Å². The van der Waals surface area contributed by atoms with E-state index in [0.717, 1.165) is 61.5 Å². The molecule has 3 rings (SSSR count). The largest absolute Gasteiger partial charge is 0.388 e. The first-order valence-corrected chi connectivity index (χ1v) is 10.6. The number of urea groups is 1. The van der Waals surface area contributed by atoms with Gasteiger partial charge in [0.05, 0.1) is 0 Å². The van der Waals surface area contributed by atoms with E-state index in [4.69, 9.17) is 0 Å². The van der Waals surface area contributed by atoms with Crippen molar-refractivity contribution < 1.29 is 4.79 Å². The van der Waals surface area contributed by atoms with Crippen LogP contribution in [0.4, 0.5) is 10.5 Å². The first kappa shape index (κ1) is 21.7.